The van der Waals surface area contributed by atoms with Crippen molar-refractivity contribution in [3.05, 3.63) is 17.2 Å². The summed E-state index contributed by atoms with van der Waals surface area (Å²) in [6.07, 6.45) is 6.16. The van der Waals surface area contributed by atoms with Crippen LogP contribution in [-0.2, 0) is 25.9 Å². The molecule has 1 aliphatic rings. The number of nitrogens with one attached hydrogen (secondary N) is 1. The van der Waals surface area contributed by atoms with Crippen molar-refractivity contribution in [1.29, 1.82) is 0 Å². The predicted molar refractivity (Wildman–Crippen MR) is 71.1 cm³/mol. The van der Waals surface area contributed by atoms with Gasteiger partial charge >= 0.3 is 0 Å². The Morgan fingerprint density at radius 2 is 2.18 bits per heavy atom. The first kappa shape index (κ1) is 12.6. The van der Waals surface area contributed by atoms with Crippen LogP contribution in [0.25, 0.3) is 0 Å². The van der Waals surface area contributed by atoms with Gasteiger partial charge in [-0.05, 0) is 25.7 Å². The van der Waals surface area contributed by atoms with Crippen molar-refractivity contribution in [3.63, 3.8) is 0 Å². The van der Waals surface area contributed by atoms with Crippen LogP contribution in [0, 0.1) is 0 Å². The van der Waals surface area contributed by atoms with Gasteiger partial charge in [-0.15, -0.1) is 0 Å². The summed E-state index contributed by atoms with van der Waals surface area (Å²) < 4.78 is 2.48. The van der Waals surface area contributed by atoms with Crippen LogP contribution in [0.2, 0.25) is 0 Å². The van der Waals surface area contributed by atoms with Crippen LogP contribution < -0.4 is 5.32 Å². The fraction of sp³-hybridized carbons (Fsp3) is 0.786. The van der Waals surface area contributed by atoms with Gasteiger partial charge in [0.25, 0.3) is 0 Å². The molecular formula is C14H25N3. The van der Waals surface area contributed by atoms with Gasteiger partial charge in [0.15, 0.2) is 0 Å². The molecule has 0 radical (unpaired) electrons. The standard InChI is InChI=1S/C14H25N3/c1-4-7-14-16-12(10-15-11(2)3)13-8-5-6-9-17(13)14/h11,15H,4-10H2,1-3H3. The highest BCUT2D eigenvalue weighted by Gasteiger charge is 2.18. The molecule has 1 aliphatic heterocycles. The predicted octanol–water partition coefficient (Wildman–Crippen LogP) is 2.67. The van der Waals surface area contributed by atoms with Gasteiger partial charge in [0, 0.05) is 31.2 Å². The molecule has 0 amide bonds. The first-order chi connectivity index (χ1) is 8.22. The third kappa shape index (κ3) is 2.89. The second kappa shape index (κ2) is 5.67. The van der Waals surface area contributed by atoms with E-state index in [-0.39, 0.29) is 0 Å². The number of aromatic nitrogens is 2. The number of fused-ring (bicyclic) bond motifs is 1. The first-order valence-corrected chi connectivity index (χ1v) is 7.03. The van der Waals surface area contributed by atoms with Crippen molar-refractivity contribution in [1.82, 2.24) is 14.9 Å². The van der Waals surface area contributed by atoms with E-state index in [2.05, 4.69) is 30.7 Å². The van der Waals surface area contributed by atoms with Crippen LogP contribution >= 0.6 is 0 Å². The molecule has 1 aromatic heterocycles. The van der Waals surface area contributed by atoms with Gasteiger partial charge < -0.3 is 9.88 Å². The van der Waals surface area contributed by atoms with Gasteiger partial charge in [0.05, 0.1) is 5.69 Å². The Bertz CT molecular complexity index is 366. The summed E-state index contributed by atoms with van der Waals surface area (Å²) in [6.45, 7) is 8.72. The summed E-state index contributed by atoms with van der Waals surface area (Å²) in [6, 6.07) is 0.533. The highest BCUT2D eigenvalue weighted by molar-refractivity contribution is 5.19. The maximum absolute atomic E-state index is 4.85. The molecule has 3 nitrogen and oxygen atoms in total. The molecule has 17 heavy (non-hydrogen) atoms. The Labute approximate surface area is 105 Å². The molecule has 2 rings (SSSR count). The van der Waals surface area contributed by atoms with Crippen LogP contribution in [0.4, 0.5) is 0 Å². The lowest BCUT2D eigenvalue weighted by molar-refractivity contribution is 0.507. The summed E-state index contributed by atoms with van der Waals surface area (Å²) in [5, 5.41) is 3.49. The Balaban J connectivity index is 2.19. The van der Waals surface area contributed by atoms with Crippen LogP contribution in [0.15, 0.2) is 0 Å². The quantitative estimate of drug-likeness (QED) is 0.850. The monoisotopic (exact) mass is 235 g/mol. The Kier molecular flexibility index (Phi) is 4.21. The first-order valence-electron chi connectivity index (χ1n) is 7.03. The lowest BCUT2D eigenvalue weighted by Crippen LogP contribution is -2.23. The Morgan fingerprint density at radius 1 is 1.35 bits per heavy atom. The minimum Gasteiger partial charge on any atom is -0.332 e. The van der Waals surface area contributed by atoms with E-state index in [0.29, 0.717) is 6.04 Å². The molecule has 0 unspecified atom stereocenters. The maximum atomic E-state index is 4.85. The normalized spacial score (nSPS) is 15.3. The van der Waals surface area contributed by atoms with Gasteiger partial charge in [-0.25, -0.2) is 4.98 Å². The highest BCUT2D eigenvalue weighted by Crippen LogP contribution is 2.21. The van der Waals surface area contributed by atoms with Crippen molar-refractivity contribution in [2.45, 2.75) is 72.0 Å². The Hall–Kier alpha value is -0.830. The number of hydrogen-bond acceptors (Lipinski definition) is 2. The van der Waals surface area contributed by atoms with E-state index in [1.165, 1.54) is 49.4 Å². The average Bonchev–Trinajstić information content (AvgIpc) is 2.66. The molecule has 2 heterocycles. The second-order valence-electron chi connectivity index (χ2n) is 5.32. The van der Waals surface area contributed by atoms with Crippen LogP contribution in [-0.4, -0.2) is 15.6 Å². The fourth-order valence-corrected chi connectivity index (χ4v) is 2.55. The summed E-state index contributed by atoms with van der Waals surface area (Å²) in [5.41, 5.74) is 2.79. The summed E-state index contributed by atoms with van der Waals surface area (Å²) in [4.78, 5) is 4.85. The Morgan fingerprint density at radius 3 is 2.88 bits per heavy atom. The third-order valence-corrected chi connectivity index (χ3v) is 3.43. The van der Waals surface area contributed by atoms with Crippen LogP contribution in [0.1, 0.15) is 57.2 Å². The molecule has 96 valence electrons. The van der Waals surface area contributed by atoms with Crippen LogP contribution in [0.5, 0.6) is 0 Å². The molecule has 0 aliphatic carbocycles. The van der Waals surface area contributed by atoms with E-state index in [9.17, 15) is 0 Å². The summed E-state index contributed by atoms with van der Waals surface area (Å²) >= 11 is 0. The molecule has 0 saturated heterocycles. The summed E-state index contributed by atoms with van der Waals surface area (Å²) in [7, 11) is 0. The number of aryl methyl sites for hydroxylation is 1. The number of imidazole rings is 1. The number of hydrogen-bond donors (Lipinski definition) is 1. The molecule has 3 heteroatoms. The zero-order valence-electron chi connectivity index (χ0n) is 11.4. The van der Waals surface area contributed by atoms with E-state index in [1.807, 2.05) is 0 Å². The van der Waals surface area contributed by atoms with E-state index in [1.54, 1.807) is 0 Å². The second-order valence-corrected chi connectivity index (χ2v) is 5.32. The van der Waals surface area contributed by atoms with Crippen molar-refractivity contribution in [2.24, 2.45) is 0 Å². The minimum absolute atomic E-state index is 0.533. The van der Waals surface area contributed by atoms with Gasteiger partial charge in [-0.2, -0.15) is 0 Å². The zero-order chi connectivity index (χ0) is 12.3. The van der Waals surface area contributed by atoms with Crippen molar-refractivity contribution in [3.8, 4) is 0 Å². The van der Waals surface area contributed by atoms with Crippen LogP contribution in [0.3, 0.4) is 0 Å². The van der Waals surface area contributed by atoms with E-state index >= 15 is 0 Å². The number of rotatable bonds is 5. The molecular weight excluding hydrogens is 210 g/mol. The average molecular weight is 235 g/mol. The fourth-order valence-electron chi connectivity index (χ4n) is 2.55. The largest absolute Gasteiger partial charge is 0.332 e. The van der Waals surface area contributed by atoms with Gasteiger partial charge in [0.1, 0.15) is 5.82 Å². The lowest BCUT2D eigenvalue weighted by atomic mass is 10.1. The van der Waals surface area contributed by atoms with Crippen molar-refractivity contribution in [2.75, 3.05) is 0 Å². The highest BCUT2D eigenvalue weighted by atomic mass is 15.1. The lowest BCUT2D eigenvalue weighted by Gasteiger charge is -2.17. The van der Waals surface area contributed by atoms with Gasteiger partial charge in [-0.1, -0.05) is 20.8 Å². The molecule has 0 fully saturated rings. The summed E-state index contributed by atoms with van der Waals surface area (Å²) in [5.74, 6) is 1.31. The van der Waals surface area contributed by atoms with Gasteiger partial charge in [-0.3, -0.25) is 0 Å². The molecule has 1 aromatic rings. The molecule has 0 bridgehead atoms. The topological polar surface area (TPSA) is 29.9 Å². The molecule has 0 spiro atoms. The van der Waals surface area contributed by atoms with Crippen molar-refractivity contribution < 1.29 is 0 Å². The van der Waals surface area contributed by atoms with E-state index in [0.717, 1.165) is 13.0 Å². The minimum atomic E-state index is 0.533. The molecule has 1 N–H and O–H groups in total. The van der Waals surface area contributed by atoms with E-state index in [4.69, 9.17) is 4.98 Å². The zero-order valence-corrected chi connectivity index (χ0v) is 11.4. The number of nitrogens with zero attached hydrogens (tertiary/aromatic N) is 2. The SMILES string of the molecule is CCCc1nc(CNC(C)C)c2n1CCCC2. The smallest absolute Gasteiger partial charge is 0.109 e. The van der Waals surface area contributed by atoms with E-state index < -0.39 is 0 Å². The maximum Gasteiger partial charge on any atom is 0.109 e. The van der Waals surface area contributed by atoms with Crippen molar-refractivity contribution >= 4 is 0 Å². The van der Waals surface area contributed by atoms with Gasteiger partial charge in [0.2, 0.25) is 0 Å². The third-order valence-electron chi connectivity index (χ3n) is 3.43. The molecule has 0 saturated carbocycles. The molecule has 0 aromatic carbocycles. The molecule has 0 atom stereocenters.